The molecular formula is C34H45N3O6. The van der Waals surface area contributed by atoms with Crippen LogP contribution >= 0.6 is 0 Å². The lowest BCUT2D eigenvalue weighted by atomic mass is 9.74. The fourth-order valence-corrected chi connectivity index (χ4v) is 8.19. The van der Waals surface area contributed by atoms with Gasteiger partial charge in [-0.2, -0.15) is 0 Å². The van der Waals surface area contributed by atoms with Gasteiger partial charge in [0.2, 0.25) is 17.7 Å². The molecule has 6 rings (SSSR count). The monoisotopic (exact) mass is 591 g/mol. The van der Waals surface area contributed by atoms with Gasteiger partial charge in [-0.25, -0.2) is 0 Å². The van der Waals surface area contributed by atoms with Gasteiger partial charge in [-0.15, -0.1) is 0 Å². The number of unbranched alkanes of at least 4 members (excludes halogenated alkanes) is 2. The van der Waals surface area contributed by atoms with Gasteiger partial charge in [0.05, 0.1) is 24.0 Å². The van der Waals surface area contributed by atoms with Crippen molar-refractivity contribution in [2.45, 2.75) is 88.5 Å². The van der Waals surface area contributed by atoms with E-state index in [2.05, 4.69) is 0 Å². The van der Waals surface area contributed by atoms with E-state index in [0.717, 1.165) is 43.5 Å². The van der Waals surface area contributed by atoms with Gasteiger partial charge in [-0.05, 0) is 70.2 Å². The molecule has 1 aliphatic carbocycles. The number of rotatable bonds is 9. The first kappa shape index (κ1) is 29.9. The molecule has 5 aliphatic rings. The molecule has 2 saturated heterocycles. The highest BCUT2D eigenvalue weighted by Gasteiger charge is 2.74. The predicted octanol–water partition coefficient (Wildman–Crippen LogP) is 3.85. The molecule has 1 spiro atoms. The highest BCUT2D eigenvalue weighted by Crippen LogP contribution is 2.57. The molecule has 5 atom stereocenters. The number of anilines is 1. The van der Waals surface area contributed by atoms with Crippen molar-refractivity contribution in [3.63, 3.8) is 0 Å². The number of benzene rings is 1. The lowest BCUT2D eigenvalue weighted by molar-refractivity contribution is -0.152. The topological polar surface area (TPSA) is 99.6 Å². The Morgan fingerprint density at radius 1 is 0.907 bits per heavy atom. The number of aliphatic hydroxyl groups is 1. The first-order valence-electron chi connectivity index (χ1n) is 16.2. The smallest absolute Gasteiger partial charge is 0.249 e. The normalized spacial score (nSPS) is 32.5. The molecule has 3 amide bonds. The van der Waals surface area contributed by atoms with Crippen LogP contribution in [0.1, 0.15) is 65.2 Å². The summed E-state index contributed by atoms with van der Waals surface area (Å²) >= 11 is 0. The molecule has 0 bridgehead atoms. The maximum Gasteiger partial charge on any atom is 0.249 e. The standard InChI is InChI=1S/C34H45N3O6/c1-3-42-26-16-14-25(15-17-26)35-21-10-18-33(2)27(30(35)39)28-31(40)37(20-8-5-9-23-38)29-32(41)36(24-12-6-4-7-13-24)22-11-19-34(28,29)43-33/h10-11,14-19,24,27-29,38H,3-9,12-13,20-23H2,1-2H3/t27-,28-,29?,33+,34-/m0/s1. The van der Waals surface area contributed by atoms with Crippen molar-refractivity contribution in [1.29, 1.82) is 0 Å². The molecule has 1 unspecified atom stereocenters. The van der Waals surface area contributed by atoms with Crippen molar-refractivity contribution in [3.8, 4) is 5.75 Å². The van der Waals surface area contributed by atoms with Crippen molar-refractivity contribution in [2.75, 3.05) is 37.7 Å². The first-order valence-corrected chi connectivity index (χ1v) is 16.2. The van der Waals surface area contributed by atoms with Gasteiger partial charge in [-0.1, -0.05) is 43.6 Å². The molecule has 1 aromatic carbocycles. The van der Waals surface area contributed by atoms with E-state index < -0.39 is 29.1 Å². The average Bonchev–Trinajstić information content (AvgIpc) is 3.27. The molecule has 1 aromatic rings. The molecule has 232 valence electrons. The van der Waals surface area contributed by atoms with E-state index in [4.69, 9.17) is 9.47 Å². The number of ether oxygens (including phenoxy) is 2. The average molecular weight is 592 g/mol. The van der Waals surface area contributed by atoms with E-state index in [0.29, 0.717) is 39.1 Å². The van der Waals surface area contributed by atoms with Crippen LogP contribution in [0.4, 0.5) is 5.69 Å². The molecule has 4 heterocycles. The largest absolute Gasteiger partial charge is 0.494 e. The van der Waals surface area contributed by atoms with Gasteiger partial charge in [0.25, 0.3) is 0 Å². The SMILES string of the molecule is CCOc1ccc(N2CC=C[C@@]3(C)O[C@]45C=CCN(C6CCCCC6)C(=O)C4N(CCCCCO)C(=O)[C@@H]5[C@H]3C2=O)cc1. The van der Waals surface area contributed by atoms with Gasteiger partial charge in [-0.3, -0.25) is 14.4 Å². The molecule has 9 nitrogen and oxygen atoms in total. The Morgan fingerprint density at radius 3 is 2.37 bits per heavy atom. The molecule has 9 heteroatoms. The third-order valence-corrected chi connectivity index (χ3v) is 10.1. The predicted molar refractivity (Wildman–Crippen MR) is 162 cm³/mol. The van der Waals surface area contributed by atoms with Crippen LogP contribution in [0.2, 0.25) is 0 Å². The van der Waals surface area contributed by atoms with E-state index in [9.17, 15) is 19.5 Å². The minimum atomic E-state index is -1.24. The minimum Gasteiger partial charge on any atom is -0.494 e. The summed E-state index contributed by atoms with van der Waals surface area (Å²) in [6.07, 6.45) is 15.2. The van der Waals surface area contributed by atoms with Crippen LogP contribution in [0.5, 0.6) is 5.75 Å². The highest BCUT2D eigenvalue weighted by atomic mass is 16.5. The molecular weight excluding hydrogens is 546 g/mol. The summed E-state index contributed by atoms with van der Waals surface area (Å²) in [6, 6.07) is 6.76. The van der Waals surface area contributed by atoms with E-state index in [-0.39, 0.29) is 30.4 Å². The van der Waals surface area contributed by atoms with Gasteiger partial charge in [0.1, 0.15) is 17.4 Å². The van der Waals surface area contributed by atoms with Gasteiger partial charge < -0.3 is 29.3 Å². The molecule has 0 radical (unpaired) electrons. The third kappa shape index (κ3) is 5.08. The van der Waals surface area contributed by atoms with E-state index >= 15 is 0 Å². The van der Waals surface area contributed by atoms with Crippen LogP contribution in [0.3, 0.4) is 0 Å². The fraction of sp³-hybridized carbons (Fsp3) is 0.618. The van der Waals surface area contributed by atoms with Crippen LogP contribution in [-0.4, -0.2) is 88.8 Å². The number of hydrogen-bond acceptors (Lipinski definition) is 6. The Bertz CT molecular complexity index is 1270. The Labute approximate surface area is 254 Å². The molecule has 4 aliphatic heterocycles. The molecule has 1 N–H and O–H groups in total. The molecule has 1 saturated carbocycles. The summed E-state index contributed by atoms with van der Waals surface area (Å²) in [5, 5.41) is 9.33. The number of nitrogens with zero attached hydrogens (tertiary/aromatic N) is 3. The second kappa shape index (κ2) is 12.1. The summed E-state index contributed by atoms with van der Waals surface area (Å²) in [6.45, 7) is 5.68. The summed E-state index contributed by atoms with van der Waals surface area (Å²) in [7, 11) is 0. The quantitative estimate of drug-likeness (QED) is 0.346. The minimum absolute atomic E-state index is 0.0743. The second-order valence-electron chi connectivity index (χ2n) is 12.8. The lowest BCUT2D eigenvalue weighted by Gasteiger charge is -2.40. The second-order valence-corrected chi connectivity index (χ2v) is 12.8. The zero-order chi connectivity index (χ0) is 30.2. The number of likely N-dealkylation sites (tertiary alicyclic amines) is 1. The van der Waals surface area contributed by atoms with Gasteiger partial charge in [0.15, 0.2) is 0 Å². The van der Waals surface area contributed by atoms with Crippen molar-refractivity contribution in [2.24, 2.45) is 11.8 Å². The summed E-state index contributed by atoms with van der Waals surface area (Å²) in [5.41, 5.74) is -1.57. The van der Waals surface area contributed by atoms with Gasteiger partial charge >= 0.3 is 0 Å². The van der Waals surface area contributed by atoms with Crippen LogP contribution in [0.25, 0.3) is 0 Å². The van der Waals surface area contributed by atoms with Gasteiger partial charge in [0, 0.05) is 38.0 Å². The number of aliphatic hydroxyl groups excluding tert-OH is 1. The molecule has 43 heavy (non-hydrogen) atoms. The first-order chi connectivity index (χ1) is 20.8. The molecule has 0 aromatic heterocycles. The summed E-state index contributed by atoms with van der Waals surface area (Å²) in [4.78, 5) is 49.1. The van der Waals surface area contributed by atoms with Crippen molar-refractivity contribution < 1.29 is 29.0 Å². The number of fused-ring (bicyclic) bond motifs is 2. The number of carbonyl (C=O) groups is 3. The highest BCUT2D eigenvalue weighted by molar-refractivity contribution is 6.04. The Balaban J connectivity index is 1.38. The zero-order valence-corrected chi connectivity index (χ0v) is 25.5. The number of amides is 3. The van der Waals surface area contributed by atoms with Crippen LogP contribution in [-0.2, 0) is 19.1 Å². The Hall–Kier alpha value is -3.17. The Morgan fingerprint density at radius 2 is 1.65 bits per heavy atom. The van der Waals surface area contributed by atoms with Crippen LogP contribution in [0, 0.1) is 11.8 Å². The number of carbonyl (C=O) groups excluding carboxylic acids is 3. The summed E-state index contributed by atoms with van der Waals surface area (Å²) < 4.78 is 12.6. The fourth-order valence-electron chi connectivity index (χ4n) is 8.19. The van der Waals surface area contributed by atoms with Crippen molar-refractivity contribution in [3.05, 3.63) is 48.6 Å². The number of hydrogen-bond donors (Lipinski definition) is 1. The zero-order valence-electron chi connectivity index (χ0n) is 25.5. The third-order valence-electron chi connectivity index (χ3n) is 10.1. The van der Waals surface area contributed by atoms with Crippen LogP contribution in [0.15, 0.2) is 48.6 Å². The van der Waals surface area contributed by atoms with Crippen LogP contribution < -0.4 is 9.64 Å². The van der Waals surface area contributed by atoms with E-state index in [1.54, 1.807) is 9.80 Å². The van der Waals surface area contributed by atoms with E-state index in [1.807, 2.05) is 67.3 Å². The lowest BCUT2D eigenvalue weighted by Crippen LogP contribution is -2.57. The maximum atomic E-state index is 14.6. The van der Waals surface area contributed by atoms with Crippen molar-refractivity contribution in [1.82, 2.24) is 9.80 Å². The maximum absolute atomic E-state index is 14.6. The Kier molecular flexibility index (Phi) is 8.39. The molecule has 3 fully saturated rings. The van der Waals surface area contributed by atoms with E-state index in [1.165, 1.54) is 6.42 Å². The summed E-state index contributed by atoms with van der Waals surface area (Å²) in [5.74, 6) is -1.34. The van der Waals surface area contributed by atoms with Crippen molar-refractivity contribution >= 4 is 23.4 Å².